The van der Waals surface area contributed by atoms with Crippen molar-refractivity contribution in [2.45, 2.75) is 120 Å². The molecule has 0 spiro atoms. The lowest BCUT2D eigenvalue weighted by Gasteiger charge is -2.41. The summed E-state index contributed by atoms with van der Waals surface area (Å²) in [5, 5.41) is 21.9. The summed E-state index contributed by atoms with van der Waals surface area (Å²) in [5.74, 6) is -1.23. The molecule has 1 aromatic heterocycles. The summed E-state index contributed by atoms with van der Waals surface area (Å²) in [6, 6.07) is 11.9. The van der Waals surface area contributed by atoms with E-state index in [-0.39, 0.29) is 72.0 Å². The Labute approximate surface area is 343 Å². The van der Waals surface area contributed by atoms with Gasteiger partial charge in [-0.3, -0.25) is 24.5 Å². The van der Waals surface area contributed by atoms with E-state index in [1.807, 2.05) is 12.1 Å². The summed E-state index contributed by atoms with van der Waals surface area (Å²) in [6.07, 6.45) is 10.4. The van der Waals surface area contributed by atoms with E-state index in [2.05, 4.69) is 36.1 Å². The minimum Gasteiger partial charge on any atom is -0.391 e. The number of nitrogens with zero attached hydrogens (tertiary/aromatic N) is 4. The molecule has 4 amide bonds. The maximum Gasteiger partial charge on any atom is 0.253 e. The minimum absolute atomic E-state index is 0.0456. The summed E-state index contributed by atoms with van der Waals surface area (Å²) in [7, 11) is 0. The van der Waals surface area contributed by atoms with Crippen LogP contribution in [-0.2, 0) is 14.4 Å². The first-order valence-electron chi connectivity index (χ1n) is 21.4. The summed E-state index contributed by atoms with van der Waals surface area (Å²) < 4.78 is 30.2. The van der Waals surface area contributed by atoms with Gasteiger partial charge in [0, 0.05) is 60.4 Å². The number of carbonyl (C=O) groups excluding carboxylic acids is 4. The number of hydrogen-bond acceptors (Lipinski definition) is 10. The molecule has 5 N–H and O–H groups in total. The topological polar surface area (TPSA) is 169 Å². The van der Waals surface area contributed by atoms with Gasteiger partial charge < -0.3 is 30.9 Å². The van der Waals surface area contributed by atoms with Crippen LogP contribution in [0.2, 0.25) is 0 Å². The fourth-order valence-corrected chi connectivity index (χ4v) is 9.69. The van der Waals surface area contributed by atoms with E-state index >= 15 is 4.39 Å². The van der Waals surface area contributed by atoms with Crippen LogP contribution in [0, 0.1) is 17.6 Å². The zero-order chi connectivity index (χ0) is 41.0. The Bertz CT molecular complexity index is 2030. The lowest BCUT2D eigenvalue weighted by molar-refractivity contribution is -0.133. The molecule has 2 atom stereocenters. The van der Waals surface area contributed by atoms with Gasteiger partial charge in [0.15, 0.2) is 5.82 Å². The molecule has 314 valence electrons. The number of hydrogen-bond donors (Lipinski definition) is 5. The Morgan fingerprint density at radius 1 is 0.814 bits per heavy atom. The first kappa shape index (κ1) is 40.7. The SMILES string of the molecule is O=C1CCC(Nc2ccc(C3CCN([C@H]4CC[C@H](NC(=O)[C@H]5CC[C@H](Nc6ncc(F)c(-c7cccc(C(=O)N8CC[C@H](O)C8)c7)n6)CC5)CC4)CC3)c(F)c2)C(=O)N1. The normalized spacial score (nSPS) is 26.9. The van der Waals surface area contributed by atoms with E-state index in [9.17, 15) is 28.7 Å². The number of aliphatic hydroxyl groups excluding tert-OH is 1. The number of likely N-dealkylation sites (tertiary alicyclic amines) is 2. The van der Waals surface area contributed by atoms with E-state index in [1.54, 1.807) is 29.2 Å². The standard InChI is InChI=1S/C44H54F2N8O5/c45-36-23-32(48-38-14-15-39(56)51-42(38)58)10-13-35(36)26-16-19-53(20-17-26)33-11-8-30(9-12-33)49-41(57)27-4-6-31(7-5-27)50-44-47-24-37(46)40(52-44)28-2-1-3-29(22-28)43(59)54-21-18-34(55)25-54/h1-3,10,13,22-24,26-27,30-31,33-34,38,48,55H,4-9,11-12,14-21,25H2,(H,49,57)(H,47,50,52)(H,51,56,58)/t27-,30-,31-,33-,34-,38?/m0/s1. The second-order valence-electron chi connectivity index (χ2n) is 17.1. The summed E-state index contributed by atoms with van der Waals surface area (Å²) in [5.41, 5.74) is 2.23. The van der Waals surface area contributed by atoms with Gasteiger partial charge in [0.05, 0.1) is 12.3 Å². The molecule has 15 heteroatoms. The van der Waals surface area contributed by atoms with Crippen molar-refractivity contribution >= 4 is 35.3 Å². The Kier molecular flexibility index (Phi) is 12.5. The second-order valence-corrected chi connectivity index (χ2v) is 17.1. The molecular formula is C44H54F2N8O5. The Morgan fingerprint density at radius 2 is 1.58 bits per heavy atom. The van der Waals surface area contributed by atoms with Gasteiger partial charge in [0.1, 0.15) is 17.6 Å². The number of amides is 4. The third kappa shape index (κ3) is 9.73. The summed E-state index contributed by atoms with van der Waals surface area (Å²) in [6.45, 7) is 2.58. The van der Waals surface area contributed by atoms with Crippen molar-refractivity contribution in [1.82, 2.24) is 30.4 Å². The van der Waals surface area contributed by atoms with Crippen molar-refractivity contribution in [3.63, 3.8) is 0 Å². The molecule has 2 aliphatic carbocycles. The third-order valence-corrected chi connectivity index (χ3v) is 13.1. The molecule has 3 saturated heterocycles. The fourth-order valence-electron chi connectivity index (χ4n) is 9.69. The summed E-state index contributed by atoms with van der Waals surface area (Å²) >= 11 is 0. The number of nitrogens with one attached hydrogen (secondary N) is 4. The van der Waals surface area contributed by atoms with Crippen LogP contribution in [0.25, 0.3) is 11.3 Å². The number of benzene rings is 2. The molecule has 59 heavy (non-hydrogen) atoms. The molecule has 2 aromatic carbocycles. The zero-order valence-corrected chi connectivity index (χ0v) is 33.3. The number of imide groups is 1. The van der Waals surface area contributed by atoms with Crippen LogP contribution < -0.4 is 21.3 Å². The minimum atomic E-state index is -0.588. The first-order chi connectivity index (χ1) is 28.6. The first-order valence-corrected chi connectivity index (χ1v) is 21.4. The molecule has 1 unspecified atom stereocenters. The van der Waals surface area contributed by atoms with Crippen LogP contribution in [0.3, 0.4) is 0 Å². The third-order valence-electron chi connectivity index (χ3n) is 13.1. The number of aliphatic hydroxyl groups is 1. The molecule has 3 aromatic rings. The summed E-state index contributed by atoms with van der Waals surface area (Å²) in [4.78, 5) is 62.7. The highest BCUT2D eigenvalue weighted by Gasteiger charge is 2.34. The highest BCUT2D eigenvalue weighted by Crippen LogP contribution is 2.35. The monoisotopic (exact) mass is 812 g/mol. The average molecular weight is 813 g/mol. The lowest BCUT2D eigenvalue weighted by atomic mass is 9.83. The van der Waals surface area contributed by atoms with Crippen molar-refractivity contribution < 1.29 is 33.1 Å². The maximum absolute atomic E-state index is 15.3. The molecule has 0 radical (unpaired) electrons. The number of halogens is 2. The average Bonchev–Trinajstić information content (AvgIpc) is 3.69. The van der Waals surface area contributed by atoms with E-state index in [0.717, 1.165) is 83.5 Å². The van der Waals surface area contributed by atoms with E-state index in [0.29, 0.717) is 53.8 Å². The maximum atomic E-state index is 15.3. The molecule has 13 nitrogen and oxygen atoms in total. The number of β-amino-alcohol motifs (C(OH)–C–C–N with tert-alkyl or cyclic N) is 1. The molecule has 0 bridgehead atoms. The predicted octanol–water partition coefficient (Wildman–Crippen LogP) is 5.12. The van der Waals surface area contributed by atoms with Crippen molar-refractivity contribution in [3.8, 4) is 11.3 Å². The molecule has 4 heterocycles. The van der Waals surface area contributed by atoms with Crippen molar-refractivity contribution in [3.05, 3.63) is 71.4 Å². The highest BCUT2D eigenvalue weighted by atomic mass is 19.1. The van der Waals surface area contributed by atoms with Crippen molar-refractivity contribution in [2.24, 2.45) is 5.92 Å². The van der Waals surface area contributed by atoms with E-state index in [4.69, 9.17) is 0 Å². The Hall–Kier alpha value is -5.02. The Balaban J connectivity index is 0.752. The van der Waals surface area contributed by atoms with Gasteiger partial charge in [-0.05, 0) is 126 Å². The van der Waals surface area contributed by atoms with Crippen LogP contribution in [0.1, 0.15) is 105 Å². The van der Waals surface area contributed by atoms with Crippen LogP contribution in [0.5, 0.6) is 0 Å². The smallest absolute Gasteiger partial charge is 0.253 e. The number of carbonyl (C=O) groups is 4. The molecule has 5 fully saturated rings. The van der Waals surface area contributed by atoms with Gasteiger partial charge in [0.25, 0.3) is 5.91 Å². The molecule has 8 rings (SSSR count). The van der Waals surface area contributed by atoms with Gasteiger partial charge in [-0.1, -0.05) is 18.2 Å². The number of rotatable bonds is 10. The van der Waals surface area contributed by atoms with Crippen LogP contribution >= 0.6 is 0 Å². The molecule has 5 aliphatic rings. The van der Waals surface area contributed by atoms with Gasteiger partial charge in [-0.2, -0.15) is 0 Å². The molecular weight excluding hydrogens is 759 g/mol. The predicted molar refractivity (Wildman–Crippen MR) is 217 cm³/mol. The molecule has 2 saturated carbocycles. The van der Waals surface area contributed by atoms with Gasteiger partial charge in [-0.15, -0.1) is 0 Å². The zero-order valence-electron chi connectivity index (χ0n) is 33.3. The largest absolute Gasteiger partial charge is 0.391 e. The van der Waals surface area contributed by atoms with Crippen molar-refractivity contribution in [2.75, 3.05) is 36.8 Å². The van der Waals surface area contributed by atoms with Gasteiger partial charge in [-0.25, -0.2) is 18.7 Å². The fraction of sp³-hybridized carbons (Fsp3) is 0.545. The quantitative estimate of drug-likeness (QED) is 0.173. The lowest BCUT2D eigenvalue weighted by Crippen LogP contribution is -2.47. The van der Waals surface area contributed by atoms with Gasteiger partial charge >= 0.3 is 0 Å². The highest BCUT2D eigenvalue weighted by molar-refractivity contribution is 6.01. The number of aromatic nitrogens is 2. The van der Waals surface area contributed by atoms with Crippen LogP contribution in [0.4, 0.5) is 20.4 Å². The van der Waals surface area contributed by atoms with Crippen LogP contribution in [0.15, 0.2) is 48.7 Å². The number of piperidine rings is 2. The second kappa shape index (κ2) is 18.1. The Morgan fingerprint density at radius 3 is 2.29 bits per heavy atom. The van der Waals surface area contributed by atoms with Crippen LogP contribution in [-0.4, -0.2) is 105 Å². The van der Waals surface area contributed by atoms with E-state index < -0.39 is 18.0 Å². The van der Waals surface area contributed by atoms with Gasteiger partial charge in [0.2, 0.25) is 23.7 Å². The number of anilines is 2. The molecule has 3 aliphatic heterocycles. The van der Waals surface area contributed by atoms with Crippen molar-refractivity contribution in [1.29, 1.82) is 0 Å². The van der Waals surface area contributed by atoms with E-state index in [1.165, 1.54) is 6.07 Å².